The smallest absolute Gasteiger partial charge is 0.410 e. The molecular weight excluding hydrogens is 380 g/mol. The molecule has 30 heavy (non-hydrogen) atoms. The maximum absolute atomic E-state index is 12.5. The highest BCUT2D eigenvalue weighted by molar-refractivity contribution is 5.90. The first-order valence-electron chi connectivity index (χ1n) is 10.4. The summed E-state index contributed by atoms with van der Waals surface area (Å²) >= 11 is 0. The van der Waals surface area contributed by atoms with E-state index < -0.39 is 0 Å². The van der Waals surface area contributed by atoms with Gasteiger partial charge in [0.15, 0.2) is 5.82 Å². The molecule has 0 spiro atoms. The van der Waals surface area contributed by atoms with Crippen LogP contribution in [-0.2, 0) is 11.2 Å². The van der Waals surface area contributed by atoms with Crippen LogP contribution in [0.3, 0.4) is 0 Å². The Kier molecular flexibility index (Phi) is 5.97. The first kappa shape index (κ1) is 19.9. The van der Waals surface area contributed by atoms with Gasteiger partial charge in [-0.25, -0.2) is 9.89 Å². The van der Waals surface area contributed by atoms with E-state index in [-0.39, 0.29) is 23.7 Å². The number of hydrogen-bond acceptors (Lipinski definition) is 5. The fourth-order valence-electron chi connectivity index (χ4n) is 4.13. The van der Waals surface area contributed by atoms with Crippen LogP contribution in [0.15, 0.2) is 59.4 Å². The van der Waals surface area contributed by atoms with Gasteiger partial charge in [-0.05, 0) is 37.8 Å². The van der Waals surface area contributed by atoms with Crippen molar-refractivity contribution in [1.29, 1.82) is 0 Å². The van der Waals surface area contributed by atoms with Crippen molar-refractivity contribution in [3.63, 3.8) is 0 Å². The Bertz CT molecular complexity index is 1070. The van der Waals surface area contributed by atoms with Gasteiger partial charge >= 0.3 is 6.09 Å². The van der Waals surface area contributed by atoms with E-state index in [9.17, 15) is 9.59 Å². The Hall–Kier alpha value is -3.35. The van der Waals surface area contributed by atoms with Crippen LogP contribution in [-0.4, -0.2) is 46.4 Å². The second-order valence-corrected chi connectivity index (χ2v) is 7.55. The molecule has 7 nitrogen and oxygen atoms in total. The van der Waals surface area contributed by atoms with Gasteiger partial charge in [0.25, 0.3) is 5.56 Å². The van der Waals surface area contributed by atoms with Gasteiger partial charge in [0.2, 0.25) is 0 Å². The standard InChI is InChI=1S/C23H26N4O3/c1-2-30-23(29)27-13-12-17(15-18(27)14-16-8-4-3-5-9-16)24-21-19-10-6-7-11-20(19)22(28)26-25-21/h3-11,17-18H,2,12-15H2,1H3,(H,24,25)(H,26,28)/t17-,18-/m0/s1. The molecule has 1 saturated heterocycles. The Morgan fingerprint density at radius 1 is 1.17 bits per heavy atom. The van der Waals surface area contributed by atoms with E-state index in [1.165, 1.54) is 5.56 Å². The monoisotopic (exact) mass is 406 g/mol. The topological polar surface area (TPSA) is 87.3 Å². The van der Waals surface area contributed by atoms with Crippen LogP contribution in [0.2, 0.25) is 0 Å². The van der Waals surface area contributed by atoms with Gasteiger partial charge in [0.1, 0.15) is 0 Å². The van der Waals surface area contributed by atoms with Crippen LogP contribution in [0.25, 0.3) is 10.8 Å². The number of fused-ring (bicyclic) bond motifs is 1. The van der Waals surface area contributed by atoms with Crippen LogP contribution in [0.5, 0.6) is 0 Å². The summed E-state index contributed by atoms with van der Waals surface area (Å²) in [6.45, 7) is 2.79. The van der Waals surface area contributed by atoms with E-state index >= 15 is 0 Å². The summed E-state index contributed by atoms with van der Waals surface area (Å²) in [6.07, 6.45) is 2.05. The van der Waals surface area contributed by atoms with Gasteiger partial charge in [0.05, 0.1) is 12.0 Å². The largest absolute Gasteiger partial charge is 0.450 e. The lowest BCUT2D eigenvalue weighted by Crippen LogP contribution is -2.50. The van der Waals surface area contributed by atoms with E-state index in [4.69, 9.17) is 4.74 Å². The SMILES string of the molecule is CCOC(=O)N1CC[C@H](Nc2n[nH]c(=O)c3ccccc23)C[C@@H]1Cc1ccccc1. The maximum atomic E-state index is 12.5. The minimum atomic E-state index is -0.260. The first-order valence-corrected chi connectivity index (χ1v) is 10.4. The van der Waals surface area contributed by atoms with Gasteiger partial charge < -0.3 is 15.0 Å². The molecule has 0 aliphatic carbocycles. The average Bonchev–Trinajstić information content (AvgIpc) is 2.77. The van der Waals surface area contributed by atoms with Crippen LogP contribution in [0, 0.1) is 0 Å². The number of nitrogens with one attached hydrogen (secondary N) is 2. The van der Waals surface area contributed by atoms with Crippen molar-refractivity contribution < 1.29 is 9.53 Å². The molecule has 1 aromatic heterocycles. The number of piperidine rings is 1. The normalized spacial score (nSPS) is 18.9. The number of anilines is 1. The molecule has 0 radical (unpaired) electrons. The number of ether oxygens (including phenoxy) is 1. The summed E-state index contributed by atoms with van der Waals surface area (Å²) in [7, 11) is 0. The van der Waals surface area contributed by atoms with Crippen LogP contribution >= 0.6 is 0 Å². The van der Waals surface area contributed by atoms with Crippen molar-refractivity contribution in [3.8, 4) is 0 Å². The molecule has 1 amide bonds. The van der Waals surface area contributed by atoms with E-state index in [1.807, 2.05) is 48.2 Å². The molecule has 2 heterocycles. The Labute approximate surface area is 175 Å². The number of rotatable bonds is 5. The number of carbonyl (C=O) groups excluding carboxylic acids is 1. The van der Waals surface area contributed by atoms with Gasteiger partial charge in [-0.3, -0.25) is 4.79 Å². The van der Waals surface area contributed by atoms with Crippen molar-refractivity contribution in [1.82, 2.24) is 15.1 Å². The van der Waals surface area contributed by atoms with Crippen LogP contribution < -0.4 is 10.9 Å². The van der Waals surface area contributed by atoms with Gasteiger partial charge in [-0.15, -0.1) is 0 Å². The number of likely N-dealkylation sites (tertiary alicyclic amines) is 1. The lowest BCUT2D eigenvalue weighted by atomic mass is 9.92. The zero-order chi connectivity index (χ0) is 20.9. The number of benzene rings is 2. The average molecular weight is 406 g/mol. The Balaban J connectivity index is 1.55. The van der Waals surface area contributed by atoms with Gasteiger partial charge in [-0.1, -0.05) is 48.5 Å². The highest BCUT2D eigenvalue weighted by atomic mass is 16.6. The van der Waals surface area contributed by atoms with Gasteiger partial charge in [0, 0.05) is 24.0 Å². The predicted molar refractivity (Wildman–Crippen MR) is 117 cm³/mol. The highest BCUT2D eigenvalue weighted by Gasteiger charge is 2.33. The van der Waals surface area contributed by atoms with Crippen molar-refractivity contribution in [2.45, 2.75) is 38.3 Å². The summed E-state index contributed by atoms with van der Waals surface area (Å²) in [6, 6.07) is 17.8. The molecule has 7 heteroatoms. The summed E-state index contributed by atoms with van der Waals surface area (Å²) in [5.74, 6) is 0.665. The lowest BCUT2D eigenvalue weighted by molar-refractivity contribution is 0.0746. The third-order valence-corrected chi connectivity index (χ3v) is 5.57. The Morgan fingerprint density at radius 3 is 2.67 bits per heavy atom. The molecule has 0 saturated carbocycles. The zero-order valence-corrected chi connectivity index (χ0v) is 17.0. The number of amides is 1. The number of carbonyl (C=O) groups is 1. The second-order valence-electron chi connectivity index (χ2n) is 7.55. The fourth-order valence-corrected chi connectivity index (χ4v) is 4.13. The number of aromatic amines is 1. The number of aromatic nitrogens is 2. The molecule has 3 aromatic rings. The molecule has 156 valence electrons. The quantitative estimate of drug-likeness (QED) is 0.676. The Morgan fingerprint density at radius 2 is 1.90 bits per heavy atom. The predicted octanol–water partition coefficient (Wildman–Crippen LogP) is 3.57. The molecule has 2 atom stereocenters. The maximum Gasteiger partial charge on any atom is 0.410 e. The first-order chi connectivity index (χ1) is 14.7. The van der Waals surface area contributed by atoms with Crippen LogP contribution in [0.4, 0.5) is 10.6 Å². The molecule has 0 unspecified atom stereocenters. The lowest BCUT2D eigenvalue weighted by Gasteiger charge is -2.39. The highest BCUT2D eigenvalue weighted by Crippen LogP contribution is 2.26. The minimum absolute atomic E-state index is 0.0201. The second kappa shape index (κ2) is 8.98. The van der Waals surface area contributed by atoms with Crippen molar-refractivity contribution >= 4 is 22.7 Å². The number of hydrogen-bond donors (Lipinski definition) is 2. The third kappa shape index (κ3) is 4.30. The molecular formula is C23H26N4O3. The van der Waals surface area contributed by atoms with Crippen molar-refractivity contribution in [2.24, 2.45) is 0 Å². The van der Waals surface area contributed by atoms with E-state index in [0.29, 0.717) is 24.4 Å². The van der Waals surface area contributed by atoms with Crippen molar-refractivity contribution in [3.05, 3.63) is 70.5 Å². The number of H-pyrrole nitrogens is 1. The number of nitrogens with zero attached hydrogens (tertiary/aromatic N) is 2. The van der Waals surface area contributed by atoms with Crippen molar-refractivity contribution in [2.75, 3.05) is 18.5 Å². The van der Waals surface area contributed by atoms with Crippen LogP contribution in [0.1, 0.15) is 25.3 Å². The molecule has 2 aromatic carbocycles. The summed E-state index contributed by atoms with van der Waals surface area (Å²) in [4.78, 5) is 26.4. The molecule has 1 aliphatic rings. The fraction of sp³-hybridized carbons (Fsp3) is 0.348. The molecule has 1 fully saturated rings. The zero-order valence-electron chi connectivity index (χ0n) is 17.0. The summed E-state index contributed by atoms with van der Waals surface area (Å²) in [5, 5.41) is 11.7. The van der Waals surface area contributed by atoms with E-state index in [1.54, 1.807) is 6.07 Å². The van der Waals surface area contributed by atoms with E-state index in [0.717, 1.165) is 24.6 Å². The minimum Gasteiger partial charge on any atom is -0.450 e. The van der Waals surface area contributed by atoms with Gasteiger partial charge in [-0.2, -0.15) is 5.10 Å². The molecule has 2 N–H and O–H groups in total. The summed E-state index contributed by atoms with van der Waals surface area (Å²) < 4.78 is 5.29. The molecule has 1 aliphatic heterocycles. The molecule has 4 rings (SSSR count). The summed E-state index contributed by atoms with van der Waals surface area (Å²) in [5.41, 5.74) is 0.986. The third-order valence-electron chi connectivity index (χ3n) is 5.57. The van der Waals surface area contributed by atoms with E-state index in [2.05, 4.69) is 27.6 Å². The molecule has 0 bridgehead atoms.